The van der Waals surface area contributed by atoms with Crippen molar-refractivity contribution in [2.75, 3.05) is 20.3 Å². The highest BCUT2D eigenvalue weighted by Crippen LogP contribution is 2.25. The van der Waals surface area contributed by atoms with Crippen molar-refractivity contribution in [3.8, 4) is 11.8 Å². The highest BCUT2D eigenvalue weighted by atomic mass is 32.2. The lowest BCUT2D eigenvalue weighted by Crippen LogP contribution is -2.47. The van der Waals surface area contributed by atoms with Gasteiger partial charge in [0.25, 0.3) is 0 Å². The summed E-state index contributed by atoms with van der Waals surface area (Å²) in [5.41, 5.74) is -1.06. The van der Waals surface area contributed by atoms with Gasteiger partial charge in [-0.2, -0.15) is 4.31 Å². The van der Waals surface area contributed by atoms with E-state index in [1.807, 2.05) is 0 Å². The van der Waals surface area contributed by atoms with Gasteiger partial charge in [-0.25, -0.2) is 12.8 Å². The van der Waals surface area contributed by atoms with Crippen LogP contribution in [-0.4, -0.2) is 48.7 Å². The Morgan fingerprint density at radius 2 is 1.95 bits per heavy atom. The zero-order valence-electron chi connectivity index (χ0n) is 12.1. The van der Waals surface area contributed by atoms with E-state index < -0.39 is 28.0 Å². The number of hydrogen-bond acceptors (Lipinski definition) is 4. The van der Waals surface area contributed by atoms with Crippen LogP contribution in [-0.2, 0) is 10.0 Å². The fourth-order valence-electron chi connectivity index (χ4n) is 1.53. The van der Waals surface area contributed by atoms with Crippen molar-refractivity contribution in [1.29, 1.82) is 0 Å². The van der Waals surface area contributed by atoms with Crippen molar-refractivity contribution < 1.29 is 23.0 Å². The molecule has 0 fully saturated rings. The van der Waals surface area contributed by atoms with Crippen LogP contribution in [0.15, 0.2) is 23.1 Å². The molecule has 21 heavy (non-hydrogen) atoms. The molecule has 0 saturated carbocycles. The minimum Gasteiger partial charge on any atom is -0.394 e. The fraction of sp³-hybridized carbons (Fsp3) is 0.429. The number of aliphatic hydroxyl groups excluding tert-OH is 2. The summed E-state index contributed by atoms with van der Waals surface area (Å²) in [5, 5.41) is 18.0. The molecule has 0 unspecified atom stereocenters. The molecule has 0 radical (unpaired) electrons. The Kier molecular flexibility index (Phi) is 5.48. The van der Waals surface area contributed by atoms with Crippen LogP contribution in [0.3, 0.4) is 0 Å². The van der Waals surface area contributed by atoms with Crippen LogP contribution in [0.5, 0.6) is 0 Å². The zero-order valence-corrected chi connectivity index (χ0v) is 12.9. The maximum Gasteiger partial charge on any atom is 0.244 e. The molecule has 0 aliphatic rings. The normalized spacial score (nSPS) is 12.1. The number of nitrogens with zero attached hydrogens (tertiary/aromatic N) is 1. The van der Waals surface area contributed by atoms with Gasteiger partial charge in [0.05, 0.1) is 17.0 Å². The predicted molar refractivity (Wildman–Crippen MR) is 76.5 cm³/mol. The molecule has 0 aromatic heterocycles. The molecule has 0 aliphatic heterocycles. The lowest BCUT2D eigenvalue weighted by molar-refractivity contribution is 0.138. The first-order valence-electron chi connectivity index (χ1n) is 6.16. The summed E-state index contributed by atoms with van der Waals surface area (Å²) in [6.07, 6.45) is 0. The number of likely N-dealkylation sites (N-methyl/N-ethyl adjacent to an activating group) is 1. The quantitative estimate of drug-likeness (QED) is 0.796. The summed E-state index contributed by atoms with van der Waals surface area (Å²) in [6, 6.07) is 3.14. The molecule has 116 valence electrons. The minimum absolute atomic E-state index is 0.0374. The minimum atomic E-state index is -3.96. The second-order valence-electron chi connectivity index (χ2n) is 5.04. The molecule has 5 nitrogen and oxygen atoms in total. The third-order valence-electron chi connectivity index (χ3n) is 3.12. The van der Waals surface area contributed by atoms with Crippen molar-refractivity contribution >= 4 is 10.0 Å². The fourth-order valence-corrected chi connectivity index (χ4v) is 3.16. The van der Waals surface area contributed by atoms with Crippen molar-refractivity contribution in [2.45, 2.75) is 24.3 Å². The number of aliphatic hydroxyl groups is 2. The van der Waals surface area contributed by atoms with E-state index >= 15 is 0 Å². The van der Waals surface area contributed by atoms with Crippen LogP contribution in [0.25, 0.3) is 0 Å². The third kappa shape index (κ3) is 3.80. The summed E-state index contributed by atoms with van der Waals surface area (Å²) < 4.78 is 39.5. The summed E-state index contributed by atoms with van der Waals surface area (Å²) in [5.74, 6) is 4.10. The standard InChI is InChI=1S/C14H18FNO4S/c1-14(2,10-18)16(3)21(19,20)13-7-6-12(15)9-11(13)5-4-8-17/h6-7,9,17-18H,8,10H2,1-3H3. The Labute approximate surface area is 124 Å². The van der Waals surface area contributed by atoms with Crippen molar-refractivity contribution in [1.82, 2.24) is 4.31 Å². The van der Waals surface area contributed by atoms with Crippen LogP contribution in [0.4, 0.5) is 4.39 Å². The Hall–Kier alpha value is -1.46. The maximum absolute atomic E-state index is 13.3. The molecule has 0 aliphatic carbocycles. The van der Waals surface area contributed by atoms with E-state index in [0.29, 0.717) is 0 Å². The highest BCUT2D eigenvalue weighted by molar-refractivity contribution is 7.89. The van der Waals surface area contributed by atoms with E-state index in [0.717, 1.165) is 22.5 Å². The highest BCUT2D eigenvalue weighted by Gasteiger charge is 2.34. The molecule has 2 N–H and O–H groups in total. The summed E-state index contributed by atoms with van der Waals surface area (Å²) in [6.45, 7) is 2.29. The molecular formula is C14H18FNO4S. The molecule has 1 rings (SSSR count). The SMILES string of the molecule is CN(C(C)(C)CO)S(=O)(=O)c1ccc(F)cc1C#CCO. The maximum atomic E-state index is 13.3. The van der Waals surface area contributed by atoms with E-state index in [1.54, 1.807) is 13.8 Å². The van der Waals surface area contributed by atoms with Gasteiger partial charge in [0.2, 0.25) is 10.0 Å². The molecule has 7 heteroatoms. The van der Waals surface area contributed by atoms with Gasteiger partial charge in [0.1, 0.15) is 12.4 Å². The Morgan fingerprint density at radius 1 is 1.33 bits per heavy atom. The lowest BCUT2D eigenvalue weighted by atomic mass is 10.1. The van der Waals surface area contributed by atoms with Gasteiger partial charge < -0.3 is 10.2 Å². The van der Waals surface area contributed by atoms with Gasteiger partial charge in [-0.1, -0.05) is 11.8 Å². The summed E-state index contributed by atoms with van der Waals surface area (Å²) >= 11 is 0. The van der Waals surface area contributed by atoms with Crippen molar-refractivity contribution in [3.05, 3.63) is 29.6 Å². The second-order valence-corrected chi connectivity index (χ2v) is 6.98. The monoisotopic (exact) mass is 315 g/mol. The van der Waals surface area contributed by atoms with Crippen molar-refractivity contribution in [3.63, 3.8) is 0 Å². The number of hydrogen-bond donors (Lipinski definition) is 2. The van der Waals surface area contributed by atoms with E-state index in [4.69, 9.17) is 5.11 Å². The molecule has 0 saturated heterocycles. The Bertz CT molecular complexity index is 674. The average molecular weight is 315 g/mol. The number of sulfonamides is 1. The first-order valence-corrected chi connectivity index (χ1v) is 7.60. The van der Waals surface area contributed by atoms with Gasteiger partial charge in [-0.05, 0) is 32.0 Å². The van der Waals surface area contributed by atoms with Crippen LogP contribution in [0.2, 0.25) is 0 Å². The molecule has 0 heterocycles. The van der Waals surface area contributed by atoms with Gasteiger partial charge in [-0.3, -0.25) is 0 Å². The van der Waals surface area contributed by atoms with Gasteiger partial charge >= 0.3 is 0 Å². The number of rotatable bonds is 4. The van der Waals surface area contributed by atoms with Crippen LogP contribution in [0.1, 0.15) is 19.4 Å². The van der Waals surface area contributed by atoms with Gasteiger partial charge in [0.15, 0.2) is 0 Å². The van der Waals surface area contributed by atoms with Gasteiger partial charge in [0, 0.05) is 12.6 Å². The van der Waals surface area contributed by atoms with E-state index in [-0.39, 0.29) is 17.1 Å². The molecular weight excluding hydrogens is 297 g/mol. The topological polar surface area (TPSA) is 77.8 Å². The third-order valence-corrected chi connectivity index (χ3v) is 5.25. The molecule has 0 spiro atoms. The zero-order chi connectivity index (χ0) is 16.3. The largest absolute Gasteiger partial charge is 0.394 e. The summed E-state index contributed by atoms with van der Waals surface area (Å²) in [4.78, 5) is -0.172. The molecule has 0 atom stereocenters. The summed E-state index contributed by atoms with van der Waals surface area (Å²) in [7, 11) is -2.63. The van der Waals surface area contributed by atoms with Crippen LogP contribution < -0.4 is 0 Å². The Balaban J connectivity index is 3.45. The second kappa shape index (κ2) is 6.54. The Morgan fingerprint density at radius 3 is 2.48 bits per heavy atom. The van der Waals surface area contributed by atoms with E-state index in [9.17, 15) is 17.9 Å². The van der Waals surface area contributed by atoms with Crippen LogP contribution in [0, 0.1) is 17.7 Å². The molecule has 1 aromatic rings. The first-order chi connectivity index (χ1) is 9.66. The first kappa shape index (κ1) is 17.6. The lowest BCUT2D eigenvalue weighted by Gasteiger charge is -2.33. The smallest absolute Gasteiger partial charge is 0.244 e. The van der Waals surface area contributed by atoms with E-state index in [2.05, 4.69) is 11.8 Å². The molecule has 0 bridgehead atoms. The number of benzene rings is 1. The molecule has 1 aromatic carbocycles. The van der Waals surface area contributed by atoms with Gasteiger partial charge in [-0.15, -0.1) is 0 Å². The number of halogens is 1. The van der Waals surface area contributed by atoms with Crippen molar-refractivity contribution in [2.24, 2.45) is 0 Å². The molecule has 0 amide bonds. The predicted octanol–water partition coefficient (Wildman–Crippen LogP) is 0.561. The van der Waals surface area contributed by atoms with Crippen LogP contribution >= 0.6 is 0 Å². The van der Waals surface area contributed by atoms with E-state index in [1.165, 1.54) is 7.05 Å². The average Bonchev–Trinajstić information content (AvgIpc) is 2.43.